The van der Waals surface area contributed by atoms with Gasteiger partial charge < -0.3 is 5.32 Å². The molecule has 1 N–H and O–H groups in total. The van der Waals surface area contributed by atoms with E-state index in [1.54, 1.807) is 31.7 Å². The van der Waals surface area contributed by atoms with E-state index in [0.29, 0.717) is 18.1 Å². The fraction of sp³-hybridized carbons (Fsp3) is 0.500. The third kappa shape index (κ3) is 3.38. The molecule has 22 heavy (non-hydrogen) atoms. The highest BCUT2D eigenvalue weighted by Gasteiger charge is 2.25. The molecule has 1 atom stereocenters. The SMILES string of the molecule is Cn1cc(CN2CCC(Nc3ncccn3)C2)c(C(F)F)n1. The average Bonchev–Trinajstić information content (AvgIpc) is 3.07. The second-order valence-electron chi connectivity index (χ2n) is 5.45. The van der Waals surface area contributed by atoms with Crippen molar-refractivity contribution in [1.29, 1.82) is 0 Å². The van der Waals surface area contributed by atoms with Gasteiger partial charge in [-0.3, -0.25) is 9.58 Å². The number of nitrogens with one attached hydrogen (secondary N) is 1. The van der Waals surface area contributed by atoms with Gasteiger partial charge >= 0.3 is 0 Å². The zero-order chi connectivity index (χ0) is 15.5. The molecule has 0 spiro atoms. The molecule has 1 aliphatic heterocycles. The molecule has 0 amide bonds. The Kier molecular flexibility index (Phi) is 4.28. The first-order chi connectivity index (χ1) is 10.6. The average molecular weight is 308 g/mol. The number of nitrogens with zero attached hydrogens (tertiary/aromatic N) is 5. The van der Waals surface area contributed by atoms with Gasteiger partial charge in [-0.25, -0.2) is 18.7 Å². The van der Waals surface area contributed by atoms with Crippen LogP contribution in [-0.2, 0) is 13.6 Å². The summed E-state index contributed by atoms with van der Waals surface area (Å²) in [7, 11) is 1.66. The Morgan fingerprint density at radius 2 is 2.14 bits per heavy atom. The maximum atomic E-state index is 13.0. The highest BCUT2D eigenvalue weighted by Crippen LogP contribution is 2.24. The smallest absolute Gasteiger partial charge is 0.282 e. The van der Waals surface area contributed by atoms with Gasteiger partial charge in [0.25, 0.3) is 6.43 Å². The van der Waals surface area contributed by atoms with Crippen molar-refractivity contribution in [2.75, 3.05) is 18.4 Å². The Labute approximate surface area is 127 Å². The highest BCUT2D eigenvalue weighted by molar-refractivity contribution is 5.25. The van der Waals surface area contributed by atoms with Crippen LogP contribution >= 0.6 is 0 Å². The number of hydrogen-bond donors (Lipinski definition) is 1. The largest absolute Gasteiger partial charge is 0.350 e. The third-order valence-electron chi connectivity index (χ3n) is 3.71. The number of alkyl halides is 2. The molecule has 8 heteroatoms. The van der Waals surface area contributed by atoms with Crippen molar-refractivity contribution in [2.24, 2.45) is 7.05 Å². The van der Waals surface area contributed by atoms with E-state index < -0.39 is 6.43 Å². The minimum atomic E-state index is -2.54. The topological polar surface area (TPSA) is 58.9 Å². The summed E-state index contributed by atoms with van der Waals surface area (Å²) in [6.45, 7) is 2.11. The second kappa shape index (κ2) is 6.35. The van der Waals surface area contributed by atoms with Gasteiger partial charge in [-0.05, 0) is 12.5 Å². The molecule has 118 valence electrons. The summed E-state index contributed by atoms with van der Waals surface area (Å²) in [6.07, 6.45) is 3.44. The quantitative estimate of drug-likeness (QED) is 0.913. The zero-order valence-electron chi connectivity index (χ0n) is 12.3. The van der Waals surface area contributed by atoms with Crippen LogP contribution in [0.3, 0.4) is 0 Å². The Bertz CT molecular complexity index is 615. The highest BCUT2D eigenvalue weighted by atomic mass is 19.3. The summed E-state index contributed by atoms with van der Waals surface area (Å²) in [4.78, 5) is 10.4. The predicted octanol–water partition coefficient (Wildman–Crippen LogP) is 1.83. The van der Waals surface area contributed by atoms with E-state index in [4.69, 9.17) is 0 Å². The molecule has 0 saturated carbocycles. The van der Waals surface area contributed by atoms with Crippen molar-refractivity contribution in [3.05, 3.63) is 35.9 Å². The van der Waals surface area contributed by atoms with Crippen LogP contribution in [0.5, 0.6) is 0 Å². The first-order valence-corrected chi connectivity index (χ1v) is 7.18. The minimum absolute atomic E-state index is 0.120. The van der Waals surface area contributed by atoms with Crippen LogP contribution in [0, 0.1) is 0 Å². The minimum Gasteiger partial charge on any atom is -0.350 e. The molecule has 0 radical (unpaired) electrons. The Hall–Kier alpha value is -2.09. The first-order valence-electron chi connectivity index (χ1n) is 7.18. The van der Waals surface area contributed by atoms with E-state index in [0.717, 1.165) is 19.5 Å². The van der Waals surface area contributed by atoms with Gasteiger partial charge in [-0.2, -0.15) is 5.10 Å². The fourth-order valence-corrected chi connectivity index (χ4v) is 2.75. The Balaban J connectivity index is 1.59. The van der Waals surface area contributed by atoms with Gasteiger partial charge in [0, 0.05) is 56.9 Å². The van der Waals surface area contributed by atoms with E-state index in [1.165, 1.54) is 4.68 Å². The maximum absolute atomic E-state index is 13.0. The lowest BCUT2D eigenvalue weighted by Crippen LogP contribution is -2.26. The van der Waals surface area contributed by atoms with Gasteiger partial charge in [0.15, 0.2) is 0 Å². The van der Waals surface area contributed by atoms with Crippen molar-refractivity contribution >= 4 is 5.95 Å². The summed E-state index contributed by atoms with van der Waals surface area (Å²) >= 11 is 0. The van der Waals surface area contributed by atoms with Crippen LogP contribution in [0.4, 0.5) is 14.7 Å². The normalized spacial score (nSPS) is 19.0. The number of hydrogen-bond acceptors (Lipinski definition) is 5. The summed E-state index contributed by atoms with van der Waals surface area (Å²) < 4.78 is 27.4. The number of rotatable bonds is 5. The van der Waals surface area contributed by atoms with Crippen LogP contribution in [0.2, 0.25) is 0 Å². The summed E-state index contributed by atoms with van der Waals surface area (Å²) in [6, 6.07) is 1.99. The Morgan fingerprint density at radius 1 is 1.36 bits per heavy atom. The summed E-state index contributed by atoms with van der Waals surface area (Å²) in [5.74, 6) is 0.601. The molecule has 6 nitrogen and oxygen atoms in total. The van der Waals surface area contributed by atoms with Crippen LogP contribution in [-0.4, -0.2) is 43.8 Å². The molecule has 3 rings (SSSR count). The van der Waals surface area contributed by atoms with E-state index in [1.807, 2.05) is 0 Å². The zero-order valence-corrected chi connectivity index (χ0v) is 12.3. The van der Waals surface area contributed by atoms with Crippen molar-refractivity contribution in [2.45, 2.75) is 25.4 Å². The van der Waals surface area contributed by atoms with Crippen LogP contribution < -0.4 is 5.32 Å². The third-order valence-corrected chi connectivity index (χ3v) is 3.71. The molecule has 0 bridgehead atoms. The Morgan fingerprint density at radius 3 is 2.86 bits per heavy atom. The van der Waals surface area contributed by atoms with E-state index in [2.05, 4.69) is 25.3 Å². The van der Waals surface area contributed by atoms with Crippen molar-refractivity contribution in [1.82, 2.24) is 24.6 Å². The molecule has 1 aliphatic rings. The molecular weight excluding hydrogens is 290 g/mol. The molecule has 1 unspecified atom stereocenters. The van der Waals surface area contributed by atoms with Gasteiger partial charge in [0.05, 0.1) is 0 Å². The standard InChI is InChI=1S/C14H18F2N6/c1-21-7-10(12(20-21)13(15)16)8-22-6-3-11(9-22)19-14-17-4-2-5-18-14/h2,4-5,7,11,13H,3,6,8-9H2,1H3,(H,17,18,19). The lowest BCUT2D eigenvalue weighted by atomic mass is 10.2. The molecule has 1 fully saturated rings. The first kappa shape index (κ1) is 14.8. The molecule has 2 aromatic rings. The van der Waals surface area contributed by atoms with Gasteiger partial charge in [-0.1, -0.05) is 0 Å². The monoisotopic (exact) mass is 308 g/mol. The molecule has 1 saturated heterocycles. The molecule has 0 aromatic carbocycles. The lowest BCUT2D eigenvalue weighted by Gasteiger charge is -2.16. The van der Waals surface area contributed by atoms with Crippen LogP contribution in [0.15, 0.2) is 24.7 Å². The summed E-state index contributed by atoms with van der Waals surface area (Å²) in [5, 5.41) is 7.11. The number of aryl methyl sites for hydroxylation is 1. The molecular formula is C14H18F2N6. The number of halogens is 2. The van der Waals surface area contributed by atoms with Gasteiger partial charge in [-0.15, -0.1) is 0 Å². The van der Waals surface area contributed by atoms with E-state index >= 15 is 0 Å². The molecule has 0 aliphatic carbocycles. The lowest BCUT2D eigenvalue weighted by molar-refractivity contribution is 0.143. The summed E-state index contributed by atoms with van der Waals surface area (Å²) in [5.41, 5.74) is 0.472. The molecule has 3 heterocycles. The molecule has 2 aromatic heterocycles. The van der Waals surface area contributed by atoms with E-state index in [-0.39, 0.29) is 11.7 Å². The van der Waals surface area contributed by atoms with Crippen LogP contribution in [0.1, 0.15) is 24.1 Å². The predicted molar refractivity (Wildman–Crippen MR) is 77.5 cm³/mol. The fourth-order valence-electron chi connectivity index (χ4n) is 2.75. The van der Waals surface area contributed by atoms with Gasteiger partial charge in [0.1, 0.15) is 5.69 Å². The number of anilines is 1. The number of aromatic nitrogens is 4. The van der Waals surface area contributed by atoms with Gasteiger partial charge in [0.2, 0.25) is 5.95 Å². The number of likely N-dealkylation sites (tertiary alicyclic amines) is 1. The van der Waals surface area contributed by atoms with Crippen molar-refractivity contribution in [3.63, 3.8) is 0 Å². The van der Waals surface area contributed by atoms with Crippen LogP contribution in [0.25, 0.3) is 0 Å². The second-order valence-corrected chi connectivity index (χ2v) is 5.45. The van der Waals surface area contributed by atoms with Crippen molar-refractivity contribution in [3.8, 4) is 0 Å². The van der Waals surface area contributed by atoms with Crippen molar-refractivity contribution < 1.29 is 8.78 Å². The maximum Gasteiger partial charge on any atom is 0.282 e. The van der Waals surface area contributed by atoms with E-state index in [9.17, 15) is 8.78 Å².